The summed E-state index contributed by atoms with van der Waals surface area (Å²) in [6.07, 6.45) is -1.21. The Bertz CT molecular complexity index is 1480. The van der Waals surface area contributed by atoms with Gasteiger partial charge in [0, 0.05) is 30.0 Å². The van der Waals surface area contributed by atoms with Gasteiger partial charge < -0.3 is 9.64 Å². The maximum atomic E-state index is 13.7. The number of H-pyrrole nitrogens is 1. The summed E-state index contributed by atoms with van der Waals surface area (Å²) in [4.78, 5) is 32.4. The molecule has 3 aromatic rings. The highest BCUT2D eigenvalue weighted by atomic mass is 35.5. The molecule has 2 heterocycles. The molecule has 37 heavy (non-hydrogen) atoms. The molecule has 0 radical (unpaired) electrons. The van der Waals surface area contributed by atoms with Crippen LogP contribution >= 0.6 is 11.6 Å². The lowest BCUT2D eigenvalue weighted by atomic mass is 10.1. The number of benzene rings is 1. The molecule has 0 saturated heterocycles. The molecule has 0 bridgehead atoms. The van der Waals surface area contributed by atoms with Crippen molar-refractivity contribution in [3.63, 3.8) is 0 Å². The zero-order valence-electron chi connectivity index (χ0n) is 19.4. The first-order valence-electron chi connectivity index (χ1n) is 10.4. The van der Waals surface area contributed by atoms with Gasteiger partial charge in [0.15, 0.2) is 17.7 Å². The highest BCUT2D eigenvalue weighted by molar-refractivity contribution is 6.30. The van der Waals surface area contributed by atoms with Gasteiger partial charge in [0.05, 0.1) is 35.8 Å². The standard InChI is InChI=1S/C24H18ClF3N6O3/c1-14-3-16(10-30-9-14)20-7-18(32-33-23(20)36)11-34(2)13-31-22(24(26,27)28)21(12-35)37-19-5-15(8-29)4-17(25)6-19/h3-7,9-10,12-13H,11H2,1-2H3,(H,33,36)/b22-21+,31-13-. The Kier molecular flexibility index (Phi) is 8.41. The molecule has 0 saturated carbocycles. The van der Waals surface area contributed by atoms with Gasteiger partial charge in [0.2, 0.25) is 0 Å². The Morgan fingerprint density at radius 2 is 2.03 bits per heavy atom. The second kappa shape index (κ2) is 11.5. The van der Waals surface area contributed by atoms with Crippen molar-refractivity contribution in [2.24, 2.45) is 4.99 Å². The molecular formula is C24H18ClF3N6O3. The van der Waals surface area contributed by atoms with E-state index in [1.165, 1.54) is 30.3 Å². The van der Waals surface area contributed by atoms with Gasteiger partial charge in [0.25, 0.3) is 5.56 Å². The van der Waals surface area contributed by atoms with Crippen LogP contribution in [0.3, 0.4) is 0 Å². The smallest absolute Gasteiger partial charge is 0.437 e. The van der Waals surface area contributed by atoms with Crippen molar-refractivity contribution >= 4 is 24.2 Å². The van der Waals surface area contributed by atoms with Gasteiger partial charge in [0.1, 0.15) is 5.75 Å². The van der Waals surface area contributed by atoms with Gasteiger partial charge in [-0.05, 0) is 42.8 Å². The topological polar surface area (TPSA) is 124 Å². The van der Waals surface area contributed by atoms with Crippen LogP contribution in [0.5, 0.6) is 5.75 Å². The van der Waals surface area contributed by atoms with Crippen molar-refractivity contribution in [1.29, 1.82) is 5.26 Å². The Hall–Kier alpha value is -4.50. The van der Waals surface area contributed by atoms with Crippen LogP contribution < -0.4 is 10.3 Å². The van der Waals surface area contributed by atoms with Crippen molar-refractivity contribution in [3.05, 3.63) is 86.4 Å². The monoisotopic (exact) mass is 530 g/mol. The fraction of sp³-hybridized carbons (Fsp3) is 0.167. The number of ether oxygens (including phenoxy) is 1. The molecule has 3 rings (SSSR count). The Morgan fingerprint density at radius 3 is 2.68 bits per heavy atom. The average Bonchev–Trinajstić information content (AvgIpc) is 2.83. The molecule has 2 aromatic heterocycles. The van der Waals surface area contributed by atoms with E-state index in [4.69, 9.17) is 21.6 Å². The number of pyridine rings is 1. The van der Waals surface area contributed by atoms with Crippen LogP contribution in [0.25, 0.3) is 11.1 Å². The summed E-state index contributed by atoms with van der Waals surface area (Å²) in [6.45, 7) is 1.78. The number of nitrogens with one attached hydrogen (secondary N) is 1. The molecule has 1 aromatic carbocycles. The number of carbonyl (C=O) groups is 1. The number of hydrogen-bond acceptors (Lipinski definition) is 7. The molecule has 13 heteroatoms. The van der Waals surface area contributed by atoms with Gasteiger partial charge in [-0.2, -0.15) is 23.5 Å². The lowest BCUT2D eigenvalue weighted by Gasteiger charge is -2.15. The van der Waals surface area contributed by atoms with E-state index in [2.05, 4.69) is 20.2 Å². The number of aromatic amines is 1. The maximum Gasteiger partial charge on any atom is 0.437 e. The van der Waals surface area contributed by atoms with E-state index in [1.54, 1.807) is 18.3 Å². The fourth-order valence-electron chi connectivity index (χ4n) is 3.12. The summed E-state index contributed by atoms with van der Waals surface area (Å²) in [5.41, 5.74) is -0.0250. The zero-order valence-corrected chi connectivity index (χ0v) is 20.1. The molecule has 190 valence electrons. The van der Waals surface area contributed by atoms with Crippen LogP contribution in [-0.4, -0.2) is 45.9 Å². The van der Waals surface area contributed by atoms with Gasteiger partial charge in [-0.25, -0.2) is 10.1 Å². The first-order valence-corrected chi connectivity index (χ1v) is 10.8. The average molecular weight is 531 g/mol. The van der Waals surface area contributed by atoms with Gasteiger partial charge in [-0.15, -0.1) is 0 Å². The predicted octanol–water partition coefficient (Wildman–Crippen LogP) is 4.18. The molecule has 0 atom stereocenters. The number of aldehydes is 1. The summed E-state index contributed by atoms with van der Waals surface area (Å²) in [5.74, 6) is -1.37. The van der Waals surface area contributed by atoms with Crippen LogP contribution in [0.15, 0.2) is 64.0 Å². The van der Waals surface area contributed by atoms with E-state index >= 15 is 0 Å². The van der Waals surface area contributed by atoms with E-state index in [9.17, 15) is 22.8 Å². The Morgan fingerprint density at radius 1 is 1.27 bits per heavy atom. The predicted molar refractivity (Wildman–Crippen MR) is 129 cm³/mol. The van der Waals surface area contributed by atoms with Crippen LogP contribution in [0.2, 0.25) is 5.02 Å². The molecular weight excluding hydrogens is 513 g/mol. The minimum absolute atomic E-state index is 0.0266. The zero-order chi connectivity index (χ0) is 27.2. The Labute approximate surface area is 213 Å². The quantitative estimate of drug-likeness (QED) is 0.152. The molecule has 0 aliphatic rings. The lowest BCUT2D eigenvalue weighted by molar-refractivity contribution is -0.110. The van der Waals surface area contributed by atoms with Crippen LogP contribution in [-0.2, 0) is 11.3 Å². The number of aliphatic imine (C=N–C) groups is 1. The molecule has 9 nitrogen and oxygen atoms in total. The number of nitriles is 1. The van der Waals surface area contributed by atoms with Crippen LogP contribution in [0.1, 0.15) is 16.8 Å². The summed E-state index contributed by atoms with van der Waals surface area (Å²) >= 11 is 5.85. The highest BCUT2D eigenvalue weighted by Gasteiger charge is 2.38. The van der Waals surface area contributed by atoms with Crippen LogP contribution in [0, 0.1) is 18.3 Å². The van der Waals surface area contributed by atoms with Crippen LogP contribution in [0.4, 0.5) is 13.2 Å². The molecule has 0 unspecified atom stereocenters. The Balaban J connectivity index is 1.88. The summed E-state index contributed by atoms with van der Waals surface area (Å²) in [7, 11) is 1.43. The first-order chi connectivity index (χ1) is 17.5. The fourth-order valence-corrected chi connectivity index (χ4v) is 3.34. The van der Waals surface area contributed by atoms with E-state index in [1.807, 2.05) is 6.92 Å². The normalized spacial score (nSPS) is 12.1. The third-order valence-electron chi connectivity index (χ3n) is 4.68. The summed E-state index contributed by atoms with van der Waals surface area (Å²) < 4.78 is 46.2. The minimum Gasteiger partial charge on any atom is -0.452 e. The number of rotatable bonds is 8. The molecule has 0 fully saturated rings. The summed E-state index contributed by atoms with van der Waals surface area (Å²) in [5, 5.41) is 15.3. The third-order valence-corrected chi connectivity index (χ3v) is 4.89. The number of alkyl halides is 3. The largest absolute Gasteiger partial charge is 0.452 e. The van der Waals surface area contributed by atoms with Crippen molar-refractivity contribution in [1.82, 2.24) is 20.1 Å². The van der Waals surface area contributed by atoms with Crippen molar-refractivity contribution in [3.8, 4) is 22.9 Å². The van der Waals surface area contributed by atoms with Crippen molar-refractivity contribution in [2.45, 2.75) is 19.6 Å². The lowest BCUT2D eigenvalue weighted by Crippen LogP contribution is -2.22. The highest BCUT2D eigenvalue weighted by Crippen LogP contribution is 2.31. The van der Waals surface area contributed by atoms with E-state index in [0.717, 1.165) is 24.0 Å². The number of carbonyl (C=O) groups excluding carboxylic acids is 1. The molecule has 0 spiro atoms. The van der Waals surface area contributed by atoms with E-state index < -0.39 is 23.2 Å². The number of aromatic nitrogens is 3. The van der Waals surface area contributed by atoms with Gasteiger partial charge in [-0.3, -0.25) is 14.6 Å². The van der Waals surface area contributed by atoms with E-state index in [-0.39, 0.29) is 34.7 Å². The summed E-state index contributed by atoms with van der Waals surface area (Å²) in [6, 6.07) is 8.59. The van der Waals surface area contributed by atoms with Gasteiger partial charge in [-0.1, -0.05) is 11.6 Å². The third kappa shape index (κ3) is 7.25. The van der Waals surface area contributed by atoms with E-state index in [0.29, 0.717) is 11.3 Å². The first kappa shape index (κ1) is 27.1. The number of hydrogen-bond donors (Lipinski definition) is 1. The number of halogens is 4. The maximum absolute atomic E-state index is 13.7. The molecule has 1 N–H and O–H groups in total. The number of allylic oxidation sites excluding steroid dienone is 2. The molecule has 0 aliphatic carbocycles. The molecule has 0 amide bonds. The SMILES string of the molecule is Cc1cncc(-c2cc(CN(C)/C=N\C(=C(/C=O)Oc3cc(Cl)cc(C#N)c3)C(F)(F)F)n[nH]c2=O)c1. The second-order valence-corrected chi connectivity index (χ2v) is 8.17. The van der Waals surface area contributed by atoms with Crippen molar-refractivity contribution < 1.29 is 22.7 Å². The molecule has 0 aliphatic heterocycles. The second-order valence-electron chi connectivity index (χ2n) is 7.73. The van der Waals surface area contributed by atoms with Gasteiger partial charge >= 0.3 is 6.18 Å². The minimum atomic E-state index is -5.05. The van der Waals surface area contributed by atoms with Crippen molar-refractivity contribution in [2.75, 3.05) is 7.05 Å². The number of aryl methyl sites for hydroxylation is 1. The number of nitrogens with zero attached hydrogens (tertiary/aromatic N) is 5.